The lowest BCUT2D eigenvalue weighted by molar-refractivity contribution is -0.150. The quantitative estimate of drug-likeness (QED) is 0.0374. The first-order valence-corrected chi connectivity index (χ1v) is 20.4. The van der Waals surface area contributed by atoms with Crippen molar-refractivity contribution in [2.24, 2.45) is 0 Å². The van der Waals surface area contributed by atoms with E-state index in [2.05, 4.69) is 30.6 Å². The minimum atomic E-state index is -1.14. The van der Waals surface area contributed by atoms with Gasteiger partial charge in [-0.3, -0.25) is 19.2 Å². The molecule has 0 amide bonds. The van der Waals surface area contributed by atoms with Gasteiger partial charge >= 0.3 is 23.9 Å². The van der Waals surface area contributed by atoms with Gasteiger partial charge in [0.15, 0.2) is 6.61 Å². The second-order valence-electron chi connectivity index (χ2n) is 14.1. The zero-order chi connectivity index (χ0) is 40.9. The fourth-order valence-electron chi connectivity index (χ4n) is 5.93. The summed E-state index contributed by atoms with van der Waals surface area (Å²) in [7, 11) is 0. The Morgan fingerprint density at radius 3 is 1.47 bits per heavy atom. The first kappa shape index (κ1) is 46.0. The average Bonchev–Trinajstić information content (AvgIpc) is 3.20. The first-order chi connectivity index (χ1) is 27.7. The van der Waals surface area contributed by atoms with Crippen LogP contribution in [0.3, 0.4) is 0 Å². The van der Waals surface area contributed by atoms with Crippen molar-refractivity contribution in [2.45, 2.75) is 122 Å². The lowest BCUT2D eigenvalue weighted by atomic mass is 10.0. The molecular weight excluding hydrogens is 721 g/mol. The molecule has 0 spiro atoms. The van der Waals surface area contributed by atoms with E-state index in [9.17, 15) is 24.3 Å². The van der Waals surface area contributed by atoms with E-state index in [4.69, 9.17) is 19.3 Å². The van der Waals surface area contributed by atoms with Crippen molar-refractivity contribution in [3.05, 3.63) is 95.1 Å². The third-order valence-corrected chi connectivity index (χ3v) is 9.16. The molecule has 304 valence electrons. The van der Waals surface area contributed by atoms with Crippen molar-refractivity contribution >= 4 is 23.9 Å². The number of hydrogen-bond acceptors (Lipinski definition) is 8. The zero-order valence-corrected chi connectivity index (χ0v) is 33.4. The molecule has 3 aromatic carbocycles. The minimum Gasteiger partial charge on any atom is -0.481 e. The van der Waals surface area contributed by atoms with Gasteiger partial charge in [-0.15, -0.1) is 0 Å². The summed E-state index contributed by atoms with van der Waals surface area (Å²) in [5.41, 5.74) is 5.28. The van der Waals surface area contributed by atoms with Gasteiger partial charge in [0.25, 0.3) is 0 Å². The van der Waals surface area contributed by atoms with Crippen molar-refractivity contribution in [1.29, 1.82) is 0 Å². The van der Waals surface area contributed by atoms with Crippen LogP contribution in [-0.4, -0.2) is 60.0 Å². The highest BCUT2D eigenvalue weighted by Crippen LogP contribution is 2.20. The average molecular weight is 779 g/mol. The molecule has 3 aromatic rings. The number of benzene rings is 3. The number of ether oxygens (including phenoxy) is 3. The summed E-state index contributed by atoms with van der Waals surface area (Å²) in [6.45, 7) is 2.71. The van der Waals surface area contributed by atoms with Gasteiger partial charge < -0.3 is 24.4 Å². The van der Waals surface area contributed by atoms with Gasteiger partial charge in [-0.05, 0) is 78.8 Å². The van der Waals surface area contributed by atoms with Crippen molar-refractivity contribution in [3.8, 4) is 34.8 Å². The maximum absolute atomic E-state index is 12.1. The molecule has 0 aliphatic carbocycles. The molecule has 9 nitrogen and oxygen atoms in total. The molecular formula is C48H58O9. The number of carboxylic acid groups (broad SMARTS) is 1. The van der Waals surface area contributed by atoms with Gasteiger partial charge in [0.05, 0.1) is 38.6 Å². The topological polar surface area (TPSA) is 136 Å². The Kier molecular flexibility index (Phi) is 22.7. The molecule has 0 saturated heterocycles. The minimum absolute atomic E-state index is 0.0107. The van der Waals surface area contributed by atoms with Gasteiger partial charge in [-0.2, -0.15) is 0 Å². The molecule has 2 N–H and O–H groups in total. The normalized spacial score (nSPS) is 11.0. The standard InChI is InChI=1S/C48H58O9/c1-2-3-4-5-6-7-8-9-10-13-32-56-47(53)36-44(49)37-48(54)57-33-14-11-12-17-46(52)55-34-15-16-38-24-28-42(29-25-38)43-30-26-40(27-31-43)19-18-39-20-22-41(23-21-39)35-45(50)51/h20-31,44,49H,2-14,17,32-37H2,1H3,(H,50,51). The molecule has 3 rings (SSSR count). The molecule has 0 aromatic heterocycles. The number of aliphatic hydroxyl groups excluding tert-OH is 1. The molecule has 57 heavy (non-hydrogen) atoms. The number of rotatable bonds is 25. The Morgan fingerprint density at radius 2 is 0.982 bits per heavy atom. The molecule has 0 aliphatic heterocycles. The molecule has 0 aliphatic rings. The lowest BCUT2D eigenvalue weighted by Crippen LogP contribution is -2.21. The highest BCUT2D eigenvalue weighted by Gasteiger charge is 2.17. The lowest BCUT2D eigenvalue weighted by Gasteiger charge is -2.10. The summed E-state index contributed by atoms with van der Waals surface area (Å²) in [5, 5.41) is 19.0. The van der Waals surface area contributed by atoms with Gasteiger partial charge in [-0.25, -0.2) is 0 Å². The molecule has 0 radical (unpaired) electrons. The monoisotopic (exact) mass is 778 g/mol. The molecule has 9 heteroatoms. The van der Waals surface area contributed by atoms with Crippen molar-refractivity contribution in [1.82, 2.24) is 0 Å². The van der Waals surface area contributed by atoms with E-state index < -0.39 is 24.0 Å². The maximum atomic E-state index is 12.1. The van der Waals surface area contributed by atoms with E-state index in [1.807, 2.05) is 60.7 Å². The van der Waals surface area contributed by atoms with Crippen LogP contribution in [0.5, 0.6) is 0 Å². The van der Waals surface area contributed by atoms with Crippen LogP contribution >= 0.6 is 0 Å². The summed E-state index contributed by atoms with van der Waals surface area (Å²) in [6.07, 6.45) is 12.3. The molecule has 1 atom stereocenters. The zero-order valence-electron chi connectivity index (χ0n) is 33.4. The Labute approximate surface area is 338 Å². The highest BCUT2D eigenvalue weighted by atomic mass is 16.5. The fourth-order valence-corrected chi connectivity index (χ4v) is 5.93. The molecule has 0 bridgehead atoms. The second kappa shape index (κ2) is 28.1. The summed E-state index contributed by atoms with van der Waals surface area (Å²) in [4.78, 5) is 46.9. The fraction of sp³-hybridized carbons (Fsp3) is 0.458. The van der Waals surface area contributed by atoms with E-state index >= 15 is 0 Å². The van der Waals surface area contributed by atoms with Gasteiger partial charge in [0.1, 0.15) is 0 Å². The van der Waals surface area contributed by atoms with Crippen LogP contribution in [0.4, 0.5) is 0 Å². The van der Waals surface area contributed by atoms with Crippen molar-refractivity contribution in [3.63, 3.8) is 0 Å². The number of aliphatic carboxylic acids is 1. The van der Waals surface area contributed by atoms with Crippen LogP contribution in [0.1, 0.15) is 132 Å². The first-order valence-electron chi connectivity index (χ1n) is 20.4. The number of esters is 3. The summed E-state index contributed by atoms with van der Waals surface area (Å²) in [6, 6.07) is 22.9. The van der Waals surface area contributed by atoms with Crippen LogP contribution < -0.4 is 0 Å². The smallest absolute Gasteiger partial charge is 0.308 e. The molecule has 0 heterocycles. The number of carbonyl (C=O) groups excluding carboxylic acids is 3. The Morgan fingerprint density at radius 1 is 0.544 bits per heavy atom. The van der Waals surface area contributed by atoms with Crippen LogP contribution in [-0.2, 0) is 39.8 Å². The van der Waals surface area contributed by atoms with Gasteiger partial charge in [0, 0.05) is 23.1 Å². The molecule has 1 unspecified atom stereocenters. The Balaban J connectivity index is 1.19. The van der Waals surface area contributed by atoms with Crippen LogP contribution in [0.25, 0.3) is 11.1 Å². The molecule has 0 fully saturated rings. The van der Waals surface area contributed by atoms with Crippen LogP contribution in [0, 0.1) is 23.7 Å². The van der Waals surface area contributed by atoms with Crippen LogP contribution in [0.2, 0.25) is 0 Å². The number of hydrogen-bond donors (Lipinski definition) is 2. The van der Waals surface area contributed by atoms with E-state index in [1.54, 1.807) is 12.1 Å². The number of aliphatic hydroxyl groups is 1. The van der Waals surface area contributed by atoms with Crippen molar-refractivity contribution < 1.29 is 43.6 Å². The van der Waals surface area contributed by atoms with Gasteiger partial charge in [-0.1, -0.05) is 125 Å². The van der Waals surface area contributed by atoms with E-state index in [0.717, 1.165) is 52.6 Å². The largest absolute Gasteiger partial charge is 0.481 e. The highest BCUT2D eigenvalue weighted by molar-refractivity contribution is 5.74. The third kappa shape index (κ3) is 21.5. The van der Waals surface area contributed by atoms with Gasteiger partial charge in [0.2, 0.25) is 0 Å². The maximum Gasteiger partial charge on any atom is 0.308 e. The van der Waals surface area contributed by atoms with Crippen LogP contribution in [0.15, 0.2) is 72.8 Å². The summed E-state index contributed by atoms with van der Waals surface area (Å²) >= 11 is 0. The number of unbranched alkanes of at least 4 members (excludes halogenated alkanes) is 11. The predicted molar refractivity (Wildman–Crippen MR) is 221 cm³/mol. The third-order valence-electron chi connectivity index (χ3n) is 9.16. The van der Waals surface area contributed by atoms with E-state index in [1.165, 1.54) is 44.9 Å². The van der Waals surface area contributed by atoms with E-state index in [-0.39, 0.29) is 44.9 Å². The summed E-state index contributed by atoms with van der Waals surface area (Å²) in [5.74, 6) is 9.83. The Hall–Kier alpha value is -5.38. The number of carboxylic acids is 1. The SMILES string of the molecule is CCCCCCCCCCCCOC(=O)CC(O)CC(=O)OCCCCCC(=O)OCC#Cc1ccc(-c2ccc(C#Cc3ccc(CC(=O)O)cc3)cc2)cc1. The summed E-state index contributed by atoms with van der Waals surface area (Å²) < 4.78 is 15.6. The van der Waals surface area contributed by atoms with Crippen molar-refractivity contribution in [2.75, 3.05) is 19.8 Å². The number of carbonyl (C=O) groups is 4. The molecule has 0 saturated carbocycles. The van der Waals surface area contributed by atoms with E-state index in [0.29, 0.717) is 25.9 Å². The Bertz CT molecular complexity index is 1770. The second-order valence-corrected chi connectivity index (χ2v) is 14.1. The predicted octanol–water partition coefficient (Wildman–Crippen LogP) is 8.98.